The van der Waals surface area contributed by atoms with Gasteiger partial charge in [-0.1, -0.05) is 44.5 Å². The van der Waals surface area contributed by atoms with Gasteiger partial charge in [0.1, 0.15) is 0 Å². The van der Waals surface area contributed by atoms with E-state index in [9.17, 15) is 5.11 Å². The Kier molecular flexibility index (Phi) is 2.79. The fraction of sp³-hybridized carbons (Fsp3) is 0.625. The van der Waals surface area contributed by atoms with Gasteiger partial charge in [0.2, 0.25) is 0 Å². The van der Waals surface area contributed by atoms with Crippen molar-refractivity contribution < 1.29 is 14.6 Å². The van der Waals surface area contributed by atoms with E-state index in [1.54, 1.807) is 0 Å². The molecule has 2 aliphatic rings. The fourth-order valence-electron chi connectivity index (χ4n) is 3.99. The molecule has 1 aliphatic heterocycles. The number of aliphatic hydroxyl groups is 1. The van der Waals surface area contributed by atoms with Crippen molar-refractivity contribution in [3.63, 3.8) is 0 Å². The Morgan fingerprint density at radius 2 is 1.68 bits per heavy atom. The SMILES string of the molecule is CCCC1(C)c2ccccc2C1(O)C1(C)OCCO1. The van der Waals surface area contributed by atoms with Crippen LogP contribution in [-0.4, -0.2) is 24.1 Å². The molecular weight excluding hydrogens is 240 g/mol. The summed E-state index contributed by atoms with van der Waals surface area (Å²) in [7, 11) is 0. The molecule has 2 atom stereocenters. The van der Waals surface area contributed by atoms with E-state index in [4.69, 9.17) is 9.47 Å². The lowest BCUT2D eigenvalue weighted by atomic mass is 9.49. The molecule has 1 heterocycles. The van der Waals surface area contributed by atoms with Gasteiger partial charge in [0, 0.05) is 5.41 Å². The molecule has 0 spiro atoms. The minimum absolute atomic E-state index is 0.308. The topological polar surface area (TPSA) is 38.7 Å². The molecule has 1 saturated heterocycles. The number of hydrogen-bond acceptors (Lipinski definition) is 3. The van der Waals surface area contributed by atoms with Gasteiger partial charge in [-0.3, -0.25) is 0 Å². The predicted molar refractivity (Wildman–Crippen MR) is 72.9 cm³/mol. The molecule has 1 aromatic rings. The summed E-state index contributed by atoms with van der Waals surface area (Å²) >= 11 is 0. The Balaban J connectivity index is 2.14. The van der Waals surface area contributed by atoms with Crippen LogP contribution in [0.5, 0.6) is 0 Å². The number of rotatable bonds is 3. The molecule has 0 aromatic heterocycles. The zero-order valence-corrected chi connectivity index (χ0v) is 11.9. The molecule has 2 unspecified atom stereocenters. The lowest BCUT2D eigenvalue weighted by Crippen LogP contribution is -2.68. The van der Waals surface area contributed by atoms with Crippen LogP contribution < -0.4 is 0 Å². The van der Waals surface area contributed by atoms with Crippen molar-refractivity contribution in [2.75, 3.05) is 13.2 Å². The lowest BCUT2D eigenvalue weighted by Gasteiger charge is -2.60. The largest absolute Gasteiger partial charge is 0.379 e. The second-order valence-electron chi connectivity index (χ2n) is 5.98. The van der Waals surface area contributed by atoms with E-state index in [1.165, 1.54) is 5.56 Å². The van der Waals surface area contributed by atoms with Gasteiger partial charge in [-0.25, -0.2) is 0 Å². The van der Waals surface area contributed by atoms with E-state index >= 15 is 0 Å². The number of hydrogen-bond donors (Lipinski definition) is 1. The van der Waals surface area contributed by atoms with Crippen LogP contribution in [0.1, 0.15) is 44.7 Å². The molecule has 0 saturated carbocycles. The first-order valence-corrected chi connectivity index (χ1v) is 7.10. The monoisotopic (exact) mass is 262 g/mol. The molecule has 1 N–H and O–H groups in total. The Morgan fingerprint density at radius 3 is 2.26 bits per heavy atom. The Hall–Kier alpha value is -0.900. The first kappa shape index (κ1) is 13.1. The third kappa shape index (κ3) is 1.38. The Morgan fingerprint density at radius 1 is 1.11 bits per heavy atom. The minimum atomic E-state index is -1.07. The Bertz CT molecular complexity index is 493. The molecule has 0 amide bonds. The van der Waals surface area contributed by atoms with Crippen molar-refractivity contribution in [3.8, 4) is 0 Å². The predicted octanol–water partition coefficient (Wildman–Crippen LogP) is 2.71. The number of benzene rings is 1. The molecule has 0 bridgehead atoms. The van der Waals surface area contributed by atoms with Gasteiger partial charge in [-0.15, -0.1) is 0 Å². The summed E-state index contributed by atoms with van der Waals surface area (Å²) in [5.41, 5.74) is 0.801. The average Bonchev–Trinajstić information content (AvgIpc) is 2.86. The van der Waals surface area contributed by atoms with Crippen LogP contribution in [0.4, 0.5) is 0 Å². The van der Waals surface area contributed by atoms with Crippen LogP contribution >= 0.6 is 0 Å². The first-order chi connectivity index (χ1) is 8.99. The standard InChI is InChI=1S/C16H22O3/c1-4-9-14(2)12-7-5-6-8-13(12)16(14,17)15(3)18-10-11-19-15/h5-8,17H,4,9-11H2,1-3H3. The van der Waals surface area contributed by atoms with Crippen LogP contribution in [0.3, 0.4) is 0 Å². The van der Waals surface area contributed by atoms with Gasteiger partial charge in [0.15, 0.2) is 11.4 Å². The molecule has 3 rings (SSSR count). The molecule has 1 fully saturated rings. The van der Waals surface area contributed by atoms with Crippen molar-refractivity contribution in [3.05, 3.63) is 35.4 Å². The van der Waals surface area contributed by atoms with Crippen LogP contribution in [0.25, 0.3) is 0 Å². The van der Waals surface area contributed by atoms with E-state index in [0.29, 0.717) is 13.2 Å². The molecular formula is C16H22O3. The third-order valence-electron chi connectivity index (χ3n) is 4.96. The molecule has 0 radical (unpaired) electrons. The molecule has 3 heteroatoms. The van der Waals surface area contributed by atoms with Gasteiger partial charge in [0.05, 0.1) is 13.2 Å². The van der Waals surface area contributed by atoms with Crippen molar-refractivity contribution in [1.82, 2.24) is 0 Å². The molecule has 19 heavy (non-hydrogen) atoms. The molecule has 3 nitrogen and oxygen atoms in total. The summed E-state index contributed by atoms with van der Waals surface area (Å²) in [5, 5.41) is 11.4. The fourth-order valence-corrected chi connectivity index (χ4v) is 3.99. The minimum Gasteiger partial charge on any atom is -0.379 e. The normalized spacial score (nSPS) is 35.8. The summed E-state index contributed by atoms with van der Waals surface area (Å²) in [6.07, 6.45) is 1.94. The molecule has 104 valence electrons. The van der Waals surface area contributed by atoms with E-state index in [1.807, 2.05) is 25.1 Å². The molecule has 1 aromatic carbocycles. The zero-order chi connectivity index (χ0) is 13.7. The van der Waals surface area contributed by atoms with Crippen molar-refractivity contribution in [2.24, 2.45) is 0 Å². The average molecular weight is 262 g/mol. The first-order valence-electron chi connectivity index (χ1n) is 7.10. The summed E-state index contributed by atoms with van der Waals surface area (Å²) in [5.74, 6) is -0.939. The van der Waals surface area contributed by atoms with Gasteiger partial charge < -0.3 is 14.6 Å². The van der Waals surface area contributed by atoms with Crippen LogP contribution in [0, 0.1) is 0 Å². The maximum Gasteiger partial charge on any atom is 0.199 e. The highest BCUT2D eigenvalue weighted by molar-refractivity contribution is 5.54. The maximum absolute atomic E-state index is 11.4. The highest BCUT2D eigenvalue weighted by atomic mass is 16.7. The van der Waals surface area contributed by atoms with Gasteiger partial charge >= 0.3 is 0 Å². The van der Waals surface area contributed by atoms with E-state index < -0.39 is 11.4 Å². The number of fused-ring (bicyclic) bond motifs is 1. The maximum atomic E-state index is 11.4. The highest BCUT2D eigenvalue weighted by Gasteiger charge is 2.69. The summed E-state index contributed by atoms with van der Waals surface area (Å²) in [6, 6.07) is 8.10. The summed E-state index contributed by atoms with van der Waals surface area (Å²) < 4.78 is 11.5. The second-order valence-corrected chi connectivity index (χ2v) is 5.98. The lowest BCUT2D eigenvalue weighted by molar-refractivity contribution is -0.303. The smallest absolute Gasteiger partial charge is 0.199 e. The zero-order valence-electron chi connectivity index (χ0n) is 11.9. The Labute approximate surface area is 114 Å². The van der Waals surface area contributed by atoms with Crippen LogP contribution in [-0.2, 0) is 20.5 Å². The third-order valence-corrected chi connectivity index (χ3v) is 4.96. The van der Waals surface area contributed by atoms with Crippen LogP contribution in [0.15, 0.2) is 24.3 Å². The van der Waals surface area contributed by atoms with E-state index in [2.05, 4.69) is 19.9 Å². The highest BCUT2D eigenvalue weighted by Crippen LogP contribution is 2.63. The quantitative estimate of drug-likeness (QED) is 0.910. The summed E-state index contributed by atoms with van der Waals surface area (Å²) in [6.45, 7) is 7.22. The molecule has 1 aliphatic carbocycles. The van der Waals surface area contributed by atoms with E-state index in [0.717, 1.165) is 18.4 Å². The van der Waals surface area contributed by atoms with Crippen molar-refractivity contribution in [1.29, 1.82) is 0 Å². The van der Waals surface area contributed by atoms with E-state index in [-0.39, 0.29) is 5.41 Å². The van der Waals surface area contributed by atoms with Crippen molar-refractivity contribution in [2.45, 2.75) is 50.4 Å². The van der Waals surface area contributed by atoms with Gasteiger partial charge in [-0.05, 0) is 24.5 Å². The summed E-state index contributed by atoms with van der Waals surface area (Å²) in [4.78, 5) is 0. The number of ether oxygens (including phenoxy) is 2. The van der Waals surface area contributed by atoms with Crippen LogP contribution in [0.2, 0.25) is 0 Å². The van der Waals surface area contributed by atoms with Crippen molar-refractivity contribution >= 4 is 0 Å². The van der Waals surface area contributed by atoms with Gasteiger partial charge in [0.25, 0.3) is 0 Å². The van der Waals surface area contributed by atoms with Gasteiger partial charge in [-0.2, -0.15) is 0 Å². The second kappa shape index (κ2) is 4.05.